The first kappa shape index (κ1) is 11.1. The topological polar surface area (TPSA) is 114 Å². The molecule has 0 aromatic heterocycles. The van der Waals surface area contributed by atoms with Crippen LogP contribution < -0.4 is 19.3 Å². The van der Waals surface area contributed by atoms with Crippen molar-refractivity contribution in [3.63, 3.8) is 0 Å². The van der Waals surface area contributed by atoms with Crippen LogP contribution in [0.5, 0.6) is 0 Å². The lowest BCUT2D eigenvalue weighted by atomic mass is 10.7. The average molecular weight is 195 g/mol. The summed E-state index contributed by atoms with van der Waals surface area (Å²) >= 11 is 0. The number of hydrogen-bond donors (Lipinski definition) is 2. The number of hydrogen-bond acceptors (Lipinski definition) is 6. The van der Waals surface area contributed by atoms with E-state index in [1.165, 1.54) is 0 Å². The highest BCUT2D eigenvalue weighted by Gasteiger charge is 1.98. The van der Waals surface area contributed by atoms with Crippen molar-refractivity contribution >= 4 is 6.21 Å². The molecule has 0 radical (unpaired) electrons. The van der Waals surface area contributed by atoms with Gasteiger partial charge < -0.3 is 5.32 Å². The van der Waals surface area contributed by atoms with Crippen molar-refractivity contribution in [2.75, 3.05) is 0 Å². The average Bonchev–Trinajstić information content (AvgIpc) is 2.10. The standard InChI is InChI=1S/C5H6N2.ClHO4/c1-2-6-4-5-7-3-1;2-1(3,4)5/h1-6H;(H,2,3,4,5). The zero-order chi connectivity index (χ0) is 9.45. The molecule has 68 valence electrons. The fraction of sp³-hybridized carbons (Fsp3) is 0. The molecule has 1 rings (SSSR count). The number of allylic oxidation sites excluding steroid dienone is 1. The summed E-state index contributed by atoms with van der Waals surface area (Å²) < 4.78 is 32.7. The monoisotopic (exact) mass is 194 g/mol. The molecule has 1 aliphatic rings. The SMILES string of the molecule is C1=CNC=CN=C1.[O-][Cl+3]([O-])([O-])O. The lowest BCUT2D eigenvalue weighted by Gasteiger charge is -2.03. The van der Waals surface area contributed by atoms with E-state index < -0.39 is 10.2 Å². The van der Waals surface area contributed by atoms with Crippen molar-refractivity contribution in [3.05, 3.63) is 24.7 Å². The zero-order valence-electron chi connectivity index (χ0n) is 5.88. The predicted molar refractivity (Wildman–Crippen MR) is 32.1 cm³/mol. The van der Waals surface area contributed by atoms with Gasteiger partial charge in [0.05, 0.1) is 14.9 Å². The van der Waals surface area contributed by atoms with Gasteiger partial charge in [0.2, 0.25) is 0 Å². The summed E-state index contributed by atoms with van der Waals surface area (Å²) in [4.78, 5) is 3.82. The molecule has 0 aromatic rings. The van der Waals surface area contributed by atoms with Crippen LogP contribution in [0.1, 0.15) is 0 Å². The third kappa shape index (κ3) is 16.0. The van der Waals surface area contributed by atoms with Crippen molar-refractivity contribution in [2.24, 2.45) is 4.99 Å². The molecule has 1 heterocycles. The van der Waals surface area contributed by atoms with Gasteiger partial charge in [-0.25, -0.2) is 0 Å². The maximum Gasteiger partial charge on any atom is 0.0777 e. The second-order valence-corrected chi connectivity index (χ2v) is 2.33. The zero-order valence-corrected chi connectivity index (χ0v) is 6.64. The predicted octanol–water partition coefficient (Wildman–Crippen LogP) is -3.48. The van der Waals surface area contributed by atoms with E-state index >= 15 is 0 Å². The molecule has 0 fully saturated rings. The molecular weight excluding hydrogens is 188 g/mol. The molecule has 0 aliphatic carbocycles. The van der Waals surface area contributed by atoms with Crippen molar-refractivity contribution in [3.8, 4) is 0 Å². The van der Waals surface area contributed by atoms with Gasteiger partial charge in [-0.3, -0.25) is 4.99 Å². The summed E-state index contributed by atoms with van der Waals surface area (Å²) in [6.45, 7) is 0. The molecule has 0 atom stereocenters. The normalized spacial score (nSPS) is 14.3. The number of nitrogens with one attached hydrogen (secondary N) is 1. The summed E-state index contributed by atoms with van der Waals surface area (Å²) in [6, 6.07) is 0. The fourth-order valence-corrected chi connectivity index (χ4v) is 0.340. The van der Waals surface area contributed by atoms with Gasteiger partial charge in [0, 0.05) is 24.8 Å². The van der Waals surface area contributed by atoms with E-state index in [1.807, 2.05) is 12.3 Å². The smallest absolute Gasteiger partial charge is 0.0777 e. The highest BCUT2D eigenvalue weighted by atomic mass is 35.7. The summed E-state index contributed by atoms with van der Waals surface area (Å²) in [5.41, 5.74) is 0. The van der Waals surface area contributed by atoms with Crippen LogP contribution in [0.3, 0.4) is 0 Å². The molecule has 0 aromatic carbocycles. The minimum absolute atomic E-state index is 1.69. The first-order valence-electron chi connectivity index (χ1n) is 2.73. The first-order valence-corrected chi connectivity index (χ1v) is 3.99. The van der Waals surface area contributed by atoms with Gasteiger partial charge in [0.25, 0.3) is 0 Å². The van der Waals surface area contributed by atoms with Crippen LogP contribution in [0, 0.1) is 10.2 Å². The van der Waals surface area contributed by atoms with Crippen molar-refractivity contribution < 1.29 is 28.9 Å². The maximum atomic E-state index is 8.60. The fourth-order valence-electron chi connectivity index (χ4n) is 0.340. The molecule has 6 nitrogen and oxygen atoms in total. The maximum absolute atomic E-state index is 8.60. The molecule has 0 bridgehead atoms. The van der Waals surface area contributed by atoms with Gasteiger partial charge in [-0.15, -0.1) is 0 Å². The first-order chi connectivity index (χ1) is 5.50. The number of halogens is 1. The molecule has 1 aliphatic heterocycles. The Morgan fingerprint density at radius 2 is 1.83 bits per heavy atom. The lowest BCUT2D eigenvalue weighted by Crippen LogP contribution is -2.58. The molecule has 0 saturated carbocycles. The third-order valence-electron chi connectivity index (χ3n) is 0.621. The van der Waals surface area contributed by atoms with Crippen molar-refractivity contribution in [2.45, 2.75) is 0 Å². The van der Waals surface area contributed by atoms with Crippen LogP contribution >= 0.6 is 0 Å². The quantitative estimate of drug-likeness (QED) is 0.416. The minimum Gasteiger partial charge on any atom is -0.366 e. The van der Waals surface area contributed by atoms with E-state index in [0.29, 0.717) is 0 Å². The Hall–Kier alpha value is -0.920. The van der Waals surface area contributed by atoms with Gasteiger partial charge in [-0.1, -0.05) is 0 Å². The van der Waals surface area contributed by atoms with E-state index in [-0.39, 0.29) is 0 Å². The summed E-state index contributed by atoms with van der Waals surface area (Å²) in [7, 11) is -4.69. The second kappa shape index (κ2) is 5.70. The summed E-state index contributed by atoms with van der Waals surface area (Å²) in [6.07, 6.45) is 8.82. The van der Waals surface area contributed by atoms with Crippen molar-refractivity contribution in [1.82, 2.24) is 5.32 Å². The van der Waals surface area contributed by atoms with Crippen LogP contribution in [0.15, 0.2) is 29.7 Å². The van der Waals surface area contributed by atoms with E-state index in [2.05, 4.69) is 10.3 Å². The van der Waals surface area contributed by atoms with Gasteiger partial charge >= 0.3 is 0 Å². The Morgan fingerprint density at radius 1 is 1.25 bits per heavy atom. The van der Waals surface area contributed by atoms with Crippen LogP contribution in [-0.4, -0.2) is 10.9 Å². The second-order valence-electron chi connectivity index (χ2n) is 1.54. The van der Waals surface area contributed by atoms with E-state index in [1.54, 1.807) is 18.6 Å². The number of nitrogens with zero attached hydrogens (tertiary/aromatic N) is 1. The van der Waals surface area contributed by atoms with Crippen LogP contribution in [0.25, 0.3) is 0 Å². The number of rotatable bonds is 0. The Balaban J connectivity index is 0.000000217. The van der Waals surface area contributed by atoms with Gasteiger partial charge in [0.1, 0.15) is 0 Å². The highest BCUT2D eigenvalue weighted by molar-refractivity contribution is 5.71. The summed E-state index contributed by atoms with van der Waals surface area (Å²) in [5.74, 6) is 0. The molecule has 0 spiro atoms. The van der Waals surface area contributed by atoms with Gasteiger partial charge in [-0.05, 0) is 6.08 Å². The molecule has 12 heavy (non-hydrogen) atoms. The van der Waals surface area contributed by atoms with E-state index in [9.17, 15) is 0 Å². The molecule has 0 saturated heterocycles. The molecule has 2 N–H and O–H groups in total. The number of aliphatic imine (C=N–C) groups is 1. The Bertz CT molecular complexity index is 176. The van der Waals surface area contributed by atoms with E-state index in [0.717, 1.165) is 0 Å². The Morgan fingerprint density at radius 3 is 2.42 bits per heavy atom. The molecule has 0 unspecified atom stereocenters. The minimum atomic E-state index is -4.69. The van der Waals surface area contributed by atoms with Crippen LogP contribution in [0.4, 0.5) is 0 Å². The molecule has 7 heteroatoms. The largest absolute Gasteiger partial charge is 0.366 e. The van der Waals surface area contributed by atoms with Crippen molar-refractivity contribution in [1.29, 1.82) is 0 Å². The lowest BCUT2D eigenvalue weighted by molar-refractivity contribution is -1.92. The Labute approximate surface area is 70.9 Å². The van der Waals surface area contributed by atoms with Gasteiger partial charge in [0.15, 0.2) is 0 Å². The van der Waals surface area contributed by atoms with Crippen LogP contribution in [-0.2, 0) is 0 Å². The summed E-state index contributed by atoms with van der Waals surface area (Å²) in [5, 5.41) is 2.86. The molecular formula is C5H7ClN2O4. The van der Waals surface area contributed by atoms with Gasteiger partial charge in [-0.2, -0.15) is 14.0 Å². The molecule has 0 amide bonds. The van der Waals surface area contributed by atoms with E-state index in [4.69, 9.17) is 18.6 Å². The third-order valence-corrected chi connectivity index (χ3v) is 0.621. The van der Waals surface area contributed by atoms with Crippen LogP contribution in [0.2, 0.25) is 0 Å². The Kier molecular flexibility index (Phi) is 5.26. The highest BCUT2D eigenvalue weighted by Crippen LogP contribution is 1.75.